The number of rotatable bonds is 3. The topological polar surface area (TPSA) is 63.1 Å². The molecule has 1 aromatic carbocycles. The van der Waals surface area contributed by atoms with Gasteiger partial charge in [-0.05, 0) is 37.5 Å². The van der Waals surface area contributed by atoms with Crippen molar-refractivity contribution in [2.45, 2.75) is 29.2 Å². The highest BCUT2D eigenvalue weighted by molar-refractivity contribution is 7.99. The van der Waals surface area contributed by atoms with Crippen LogP contribution >= 0.6 is 23.4 Å². The van der Waals surface area contributed by atoms with E-state index in [0.717, 1.165) is 34.9 Å². The largest absolute Gasteiger partial charge is 0.478 e. The van der Waals surface area contributed by atoms with Crippen molar-refractivity contribution in [3.05, 3.63) is 46.4 Å². The van der Waals surface area contributed by atoms with Gasteiger partial charge in [0.25, 0.3) is 0 Å². The van der Waals surface area contributed by atoms with Crippen molar-refractivity contribution < 1.29 is 9.90 Å². The molecule has 0 fully saturated rings. The third-order valence-corrected chi connectivity index (χ3v) is 4.58. The minimum absolute atomic E-state index is 0.113. The second-order valence-corrected chi connectivity index (χ2v) is 5.98. The molecule has 102 valence electrons. The van der Waals surface area contributed by atoms with Crippen molar-refractivity contribution in [3.8, 4) is 0 Å². The monoisotopic (exact) mass is 306 g/mol. The molecule has 0 radical (unpaired) electrons. The summed E-state index contributed by atoms with van der Waals surface area (Å²) in [6.45, 7) is 0. The number of aromatic nitrogens is 2. The van der Waals surface area contributed by atoms with Gasteiger partial charge in [-0.15, -0.1) is 0 Å². The number of aromatic carboxylic acids is 1. The van der Waals surface area contributed by atoms with Crippen LogP contribution in [0.2, 0.25) is 5.02 Å². The lowest BCUT2D eigenvalue weighted by Crippen LogP contribution is -1.98. The Hall–Kier alpha value is -1.59. The van der Waals surface area contributed by atoms with Crippen molar-refractivity contribution in [1.29, 1.82) is 0 Å². The molecule has 1 aromatic heterocycles. The summed E-state index contributed by atoms with van der Waals surface area (Å²) in [5.74, 6) is -1.02. The second kappa shape index (κ2) is 5.42. The third kappa shape index (κ3) is 2.51. The van der Waals surface area contributed by atoms with Gasteiger partial charge in [-0.1, -0.05) is 23.4 Å². The normalized spacial score (nSPS) is 13.2. The number of fused-ring (bicyclic) bond motifs is 1. The average molecular weight is 307 g/mol. The Bertz CT molecular complexity index is 691. The fourth-order valence-corrected chi connectivity index (χ4v) is 3.44. The van der Waals surface area contributed by atoms with Gasteiger partial charge in [-0.2, -0.15) is 0 Å². The Kier molecular flexibility index (Phi) is 3.63. The molecule has 0 aliphatic heterocycles. The number of halogens is 1. The molecule has 0 saturated heterocycles. The van der Waals surface area contributed by atoms with E-state index in [0.29, 0.717) is 0 Å². The predicted octanol–water partition coefficient (Wildman–Crippen LogP) is 3.47. The number of carbonyl (C=O) groups is 1. The van der Waals surface area contributed by atoms with Crippen LogP contribution in [0.5, 0.6) is 0 Å². The molecule has 0 unspecified atom stereocenters. The highest BCUT2D eigenvalue weighted by Crippen LogP contribution is 2.34. The number of hydrogen-bond donors (Lipinski definition) is 1. The van der Waals surface area contributed by atoms with Crippen LogP contribution in [-0.4, -0.2) is 21.0 Å². The van der Waals surface area contributed by atoms with Crippen LogP contribution in [0.25, 0.3) is 0 Å². The van der Waals surface area contributed by atoms with Crippen molar-refractivity contribution in [3.63, 3.8) is 0 Å². The van der Waals surface area contributed by atoms with E-state index in [1.807, 2.05) is 6.07 Å². The number of carboxylic acids is 1. The fourth-order valence-electron chi connectivity index (χ4n) is 2.26. The molecule has 1 heterocycles. The molecule has 1 N–H and O–H groups in total. The number of aryl methyl sites for hydroxylation is 1. The van der Waals surface area contributed by atoms with Crippen LogP contribution in [0.3, 0.4) is 0 Å². The van der Waals surface area contributed by atoms with E-state index in [1.165, 1.54) is 17.3 Å². The molecule has 1 aliphatic rings. The standard InChI is InChI=1S/C14H11ClN2O2S/c15-11-5-4-8(6-10(11)14(18)19)20-13-9-2-1-3-12(9)16-7-17-13/h4-7H,1-3H2,(H,18,19). The zero-order valence-corrected chi connectivity index (χ0v) is 12.0. The van der Waals surface area contributed by atoms with E-state index in [4.69, 9.17) is 16.7 Å². The maximum atomic E-state index is 11.1. The van der Waals surface area contributed by atoms with Crippen LogP contribution in [0, 0.1) is 0 Å². The summed E-state index contributed by atoms with van der Waals surface area (Å²) in [5, 5.41) is 10.2. The van der Waals surface area contributed by atoms with Gasteiger partial charge in [0.15, 0.2) is 0 Å². The van der Waals surface area contributed by atoms with Gasteiger partial charge in [0.2, 0.25) is 0 Å². The van der Waals surface area contributed by atoms with Crippen LogP contribution in [0.1, 0.15) is 28.0 Å². The van der Waals surface area contributed by atoms with E-state index in [-0.39, 0.29) is 10.6 Å². The fraction of sp³-hybridized carbons (Fsp3) is 0.214. The summed E-state index contributed by atoms with van der Waals surface area (Å²) in [5.41, 5.74) is 2.40. The Balaban J connectivity index is 1.94. The number of hydrogen-bond acceptors (Lipinski definition) is 4. The maximum Gasteiger partial charge on any atom is 0.337 e. The van der Waals surface area contributed by atoms with Gasteiger partial charge >= 0.3 is 5.97 Å². The van der Waals surface area contributed by atoms with Gasteiger partial charge < -0.3 is 5.11 Å². The summed E-state index contributed by atoms with van der Waals surface area (Å²) in [4.78, 5) is 20.5. The zero-order valence-electron chi connectivity index (χ0n) is 10.5. The van der Waals surface area contributed by atoms with Gasteiger partial charge in [0, 0.05) is 16.2 Å². The SMILES string of the molecule is O=C(O)c1cc(Sc2ncnc3c2CCC3)ccc1Cl. The van der Waals surface area contributed by atoms with Crippen molar-refractivity contribution in [2.75, 3.05) is 0 Å². The molecule has 0 saturated carbocycles. The van der Waals surface area contributed by atoms with Gasteiger partial charge in [0.1, 0.15) is 11.4 Å². The predicted molar refractivity (Wildman–Crippen MR) is 76.6 cm³/mol. The van der Waals surface area contributed by atoms with Gasteiger partial charge in [0.05, 0.1) is 10.6 Å². The molecule has 0 bridgehead atoms. The maximum absolute atomic E-state index is 11.1. The molecule has 2 aromatic rings. The summed E-state index contributed by atoms with van der Waals surface area (Å²) in [6, 6.07) is 5.00. The molecule has 0 amide bonds. The van der Waals surface area contributed by atoms with E-state index < -0.39 is 5.97 Å². The van der Waals surface area contributed by atoms with Crippen molar-refractivity contribution in [2.24, 2.45) is 0 Å². The quantitative estimate of drug-likeness (QED) is 0.880. The lowest BCUT2D eigenvalue weighted by Gasteiger charge is -2.07. The van der Waals surface area contributed by atoms with Crippen LogP contribution in [0.15, 0.2) is 34.4 Å². The highest BCUT2D eigenvalue weighted by atomic mass is 35.5. The smallest absolute Gasteiger partial charge is 0.337 e. The first kappa shape index (κ1) is 13.4. The summed E-state index contributed by atoms with van der Waals surface area (Å²) in [6.07, 6.45) is 4.65. The molecule has 0 atom stereocenters. The summed E-state index contributed by atoms with van der Waals surface area (Å²) in [7, 11) is 0. The first-order valence-electron chi connectivity index (χ1n) is 6.18. The van der Waals surface area contributed by atoms with E-state index in [1.54, 1.807) is 18.5 Å². The Labute approximate surface area is 125 Å². The minimum atomic E-state index is -1.02. The number of benzene rings is 1. The molecule has 0 spiro atoms. The first-order valence-corrected chi connectivity index (χ1v) is 7.38. The first-order chi connectivity index (χ1) is 9.65. The highest BCUT2D eigenvalue weighted by Gasteiger charge is 2.18. The van der Waals surface area contributed by atoms with Crippen LogP contribution in [-0.2, 0) is 12.8 Å². The molecule has 1 aliphatic carbocycles. The van der Waals surface area contributed by atoms with E-state index in [9.17, 15) is 4.79 Å². The van der Waals surface area contributed by atoms with Crippen LogP contribution < -0.4 is 0 Å². The summed E-state index contributed by atoms with van der Waals surface area (Å²) < 4.78 is 0. The number of carboxylic acid groups (broad SMARTS) is 1. The molecule has 4 nitrogen and oxygen atoms in total. The van der Waals surface area contributed by atoms with Crippen LogP contribution in [0.4, 0.5) is 0 Å². The van der Waals surface area contributed by atoms with Gasteiger partial charge in [-0.3, -0.25) is 0 Å². The molecular formula is C14H11ClN2O2S. The van der Waals surface area contributed by atoms with Crippen molar-refractivity contribution in [1.82, 2.24) is 9.97 Å². The lowest BCUT2D eigenvalue weighted by atomic mass is 10.2. The Morgan fingerprint density at radius 1 is 1.30 bits per heavy atom. The Morgan fingerprint density at radius 2 is 2.15 bits per heavy atom. The molecule has 6 heteroatoms. The zero-order chi connectivity index (χ0) is 14.1. The van der Waals surface area contributed by atoms with Gasteiger partial charge in [-0.25, -0.2) is 14.8 Å². The van der Waals surface area contributed by atoms with E-state index >= 15 is 0 Å². The third-order valence-electron chi connectivity index (χ3n) is 3.22. The summed E-state index contributed by atoms with van der Waals surface area (Å²) >= 11 is 7.33. The minimum Gasteiger partial charge on any atom is -0.478 e. The average Bonchev–Trinajstić information content (AvgIpc) is 2.90. The number of nitrogens with zero attached hydrogens (tertiary/aromatic N) is 2. The van der Waals surface area contributed by atoms with E-state index in [2.05, 4.69) is 9.97 Å². The molecule has 3 rings (SSSR count). The molecular weight excluding hydrogens is 296 g/mol. The van der Waals surface area contributed by atoms with Crippen molar-refractivity contribution >= 4 is 29.3 Å². The second-order valence-electron chi connectivity index (χ2n) is 4.51. The Morgan fingerprint density at radius 3 is 2.95 bits per heavy atom. The molecule has 20 heavy (non-hydrogen) atoms. The lowest BCUT2D eigenvalue weighted by molar-refractivity contribution is 0.0697.